The van der Waals surface area contributed by atoms with Crippen molar-refractivity contribution in [2.45, 2.75) is 31.1 Å². The number of pyridine rings is 1. The number of ether oxygens (including phenoxy) is 1. The molecular formula is C17H20N2O2S. The van der Waals surface area contributed by atoms with Crippen molar-refractivity contribution < 1.29 is 9.53 Å². The lowest BCUT2D eigenvalue weighted by Crippen LogP contribution is -2.48. The first-order chi connectivity index (χ1) is 10.6. The lowest BCUT2D eigenvalue weighted by atomic mass is 10.2. The third kappa shape index (κ3) is 3.59. The molecule has 1 aliphatic rings. The average molecular weight is 316 g/mol. The van der Waals surface area contributed by atoms with Gasteiger partial charge in [0.05, 0.1) is 28.5 Å². The van der Waals surface area contributed by atoms with Gasteiger partial charge in [0.25, 0.3) is 0 Å². The summed E-state index contributed by atoms with van der Waals surface area (Å²) in [5.74, 6) is 0.576. The summed E-state index contributed by atoms with van der Waals surface area (Å²) < 4.78 is 5.66. The maximum atomic E-state index is 12.3. The zero-order valence-corrected chi connectivity index (χ0v) is 13.7. The predicted molar refractivity (Wildman–Crippen MR) is 89.1 cm³/mol. The SMILES string of the molecule is C[C@@H]1CN(C(=O)CSc2ccc3ccccc3n2)C[C@H](C)O1. The molecule has 3 rings (SSSR count). The first-order valence-electron chi connectivity index (χ1n) is 7.53. The van der Waals surface area contributed by atoms with Crippen LogP contribution in [-0.2, 0) is 9.53 Å². The topological polar surface area (TPSA) is 42.4 Å². The molecular weight excluding hydrogens is 296 g/mol. The molecule has 5 heteroatoms. The molecule has 1 amide bonds. The predicted octanol–water partition coefficient (Wildman–Crippen LogP) is 2.96. The molecule has 0 saturated carbocycles. The molecule has 116 valence electrons. The maximum absolute atomic E-state index is 12.3. The van der Waals surface area contributed by atoms with Gasteiger partial charge >= 0.3 is 0 Å². The fourth-order valence-electron chi connectivity index (χ4n) is 2.74. The van der Waals surface area contributed by atoms with Crippen LogP contribution in [0.15, 0.2) is 41.4 Å². The van der Waals surface area contributed by atoms with Crippen LogP contribution in [0.4, 0.5) is 0 Å². The molecule has 2 aromatic rings. The highest BCUT2D eigenvalue weighted by atomic mass is 32.2. The van der Waals surface area contributed by atoms with Crippen molar-refractivity contribution in [1.29, 1.82) is 0 Å². The lowest BCUT2D eigenvalue weighted by molar-refractivity contribution is -0.140. The number of amides is 1. The molecule has 22 heavy (non-hydrogen) atoms. The number of para-hydroxylation sites is 1. The molecule has 1 aromatic heterocycles. The van der Waals surface area contributed by atoms with E-state index in [4.69, 9.17) is 4.74 Å². The molecule has 2 heterocycles. The van der Waals surface area contributed by atoms with E-state index in [1.807, 2.05) is 55.1 Å². The van der Waals surface area contributed by atoms with Crippen LogP contribution in [0, 0.1) is 0 Å². The Hall–Kier alpha value is -1.59. The number of thioether (sulfide) groups is 1. The number of rotatable bonds is 3. The average Bonchev–Trinajstić information content (AvgIpc) is 2.51. The van der Waals surface area contributed by atoms with Crippen LogP contribution in [0.25, 0.3) is 10.9 Å². The number of hydrogen-bond donors (Lipinski definition) is 0. The Morgan fingerprint density at radius 1 is 1.23 bits per heavy atom. The molecule has 0 N–H and O–H groups in total. The Bertz CT molecular complexity index is 667. The van der Waals surface area contributed by atoms with E-state index in [-0.39, 0.29) is 18.1 Å². The third-order valence-corrected chi connectivity index (χ3v) is 4.60. The van der Waals surface area contributed by atoms with Crippen LogP contribution in [0.1, 0.15) is 13.8 Å². The molecule has 0 aliphatic carbocycles. The number of benzene rings is 1. The van der Waals surface area contributed by atoms with E-state index >= 15 is 0 Å². The highest BCUT2D eigenvalue weighted by Crippen LogP contribution is 2.21. The molecule has 1 aromatic carbocycles. The van der Waals surface area contributed by atoms with Gasteiger partial charge in [-0.3, -0.25) is 4.79 Å². The summed E-state index contributed by atoms with van der Waals surface area (Å²) in [6.45, 7) is 5.37. The molecule has 1 saturated heterocycles. The van der Waals surface area contributed by atoms with Crippen molar-refractivity contribution in [1.82, 2.24) is 9.88 Å². The van der Waals surface area contributed by atoms with E-state index < -0.39 is 0 Å². The van der Waals surface area contributed by atoms with Crippen molar-refractivity contribution >= 4 is 28.6 Å². The Morgan fingerprint density at radius 3 is 2.73 bits per heavy atom. The normalized spacial score (nSPS) is 22.0. The molecule has 0 bridgehead atoms. The van der Waals surface area contributed by atoms with Gasteiger partial charge in [0.1, 0.15) is 0 Å². The molecule has 2 atom stereocenters. The van der Waals surface area contributed by atoms with Crippen LogP contribution in [0.5, 0.6) is 0 Å². The van der Waals surface area contributed by atoms with E-state index in [9.17, 15) is 4.79 Å². The number of carbonyl (C=O) groups excluding carboxylic acids is 1. The summed E-state index contributed by atoms with van der Waals surface area (Å²) in [7, 11) is 0. The van der Waals surface area contributed by atoms with Crippen LogP contribution in [0.2, 0.25) is 0 Å². The minimum Gasteiger partial charge on any atom is -0.372 e. The van der Waals surface area contributed by atoms with Crippen LogP contribution >= 0.6 is 11.8 Å². The van der Waals surface area contributed by atoms with Crippen molar-refractivity contribution in [3.8, 4) is 0 Å². The van der Waals surface area contributed by atoms with E-state index in [1.165, 1.54) is 11.8 Å². The first-order valence-corrected chi connectivity index (χ1v) is 8.52. The fourth-order valence-corrected chi connectivity index (χ4v) is 3.52. The monoisotopic (exact) mass is 316 g/mol. The Labute approximate surface area is 134 Å². The summed E-state index contributed by atoms with van der Waals surface area (Å²) >= 11 is 1.50. The summed E-state index contributed by atoms with van der Waals surface area (Å²) in [6.07, 6.45) is 0.216. The molecule has 1 aliphatic heterocycles. The maximum Gasteiger partial charge on any atom is 0.233 e. The van der Waals surface area contributed by atoms with E-state index in [2.05, 4.69) is 4.98 Å². The van der Waals surface area contributed by atoms with Crippen molar-refractivity contribution in [2.24, 2.45) is 0 Å². The number of nitrogens with zero attached hydrogens (tertiary/aromatic N) is 2. The standard InChI is InChI=1S/C17H20N2O2S/c1-12-9-19(10-13(2)21-12)17(20)11-22-16-8-7-14-5-3-4-6-15(14)18-16/h3-8,12-13H,9-11H2,1-2H3/t12-,13+. The van der Waals surface area contributed by atoms with E-state index in [0.29, 0.717) is 18.8 Å². The van der Waals surface area contributed by atoms with Gasteiger partial charge in [0.2, 0.25) is 5.91 Å². The molecule has 0 spiro atoms. The largest absolute Gasteiger partial charge is 0.372 e. The second-order valence-corrected chi connectivity index (χ2v) is 6.68. The molecule has 0 unspecified atom stereocenters. The number of hydrogen-bond acceptors (Lipinski definition) is 4. The van der Waals surface area contributed by atoms with Crippen LogP contribution in [0.3, 0.4) is 0 Å². The lowest BCUT2D eigenvalue weighted by Gasteiger charge is -2.35. The van der Waals surface area contributed by atoms with Crippen molar-refractivity contribution in [3.05, 3.63) is 36.4 Å². The second kappa shape index (κ2) is 6.67. The Balaban J connectivity index is 1.62. The minimum atomic E-state index is 0.108. The van der Waals surface area contributed by atoms with Gasteiger partial charge in [-0.05, 0) is 26.0 Å². The summed E-state index contributed by atoms with van der Waals surface area (Å²) in [5.41, 5.74) is 0.966. The quantitative estimate of drug-likeness (QED) is 0.817. The third-order valence-electron chi connectivity index (χ3n) is 3.69. The van der Waals surface area contributed by atoms with Gasteiger partial charge in [0, 0.05) is 18.5 Å². The van der Waals surface area contributed by atoms with Crippen molar-refractivity contribution in [3.63, 3.8) is 0 Å². The molecule has 1 fully saturated rings. The van der Waals surface area contributed by atoms with E-state index in [1.54, 1.807) is 0 Å². The van der Waals surface area contributed by atoms with Crippen LogP contribution < -0.4 is 0 Å². The Morgan fingerprint density at radius 2 is 1.95 bits per heavy atom. The number of morpholine rings is 1. The minimum absolute atomic E-state index is 0.108. The smallest absolute Gasteiger partial charge is 0.233 e. The van der Waals surface area contributed by atoms with Crippen LogP contribution in [-0.4, -0.2) is 46.8 Å². The van der Waals surface area contributed by atoms with Gasteiger partial charge < -0.3 is 9.64 Å². The number of carbonyl (C=O) groups is 1. The highest BCUT2D eigenvalue weighted by molar-refractivity contribution is 7.99. The van der Waals surface area contributed by atoms with Gasteiger partial charge in [-0.25, -0.2) is 4.98 Å². The molecule has 0 radical (unpaired) electrons. The number of fused-ring (bicyclic) bond motifs is 1. The van der Waals surface area contributed by atoms with Gasteiger partial charge in [-0.15, -0.1) is 0 Å². The zero-order valence-electron chi connectivity index (χ0n) is 12.9. The summed E-state index contributed by atoms with van der Waals surface area (Å²) in [6, 6.07) is 12.0. The highest BCUT2D eigenvalue weighted by Gasteiger charge is 2.25. The summed E-state index contributed by atoms with van der Waals surface area (Å²) in [4.78, 5) is 18.8. The van der Waals surface area contributed by atoms with Crippen molar-refractivity contribution in [2.75, 3.05) is 18.8 Å². The Kier molecular flexibility index (Phi) is 4.64. The number of aromatic nitrogens is 1. The molecule has 4 nitrogen and oxygen atoms in total. The van der Waals surface area contributed by atoms with E-state index in [0.717, 1.165) is 15.9 Å². The van der Waals surface area contributed by atoms with Gasteiger partial charge in [-0.2, -0.15) is 0 Å². The van der Waals surface area contributed by atoms with Gasteiger partial charge in [-0.1, -0.05) is 36.0 Å². The second-order valence-electron chi connectivity index (χ2n) is 5.69. The van der Waals surface area contributed by atoms with Gasteiger partial charge in [0.15, 0.2) is 0 Å². The zero-order chi connectivity index (χ0) is 15.5. The summed E-state index contributed by atoms with van der Waals surface area (Å²) in [5, 5.41) is 2.01. The first kappa shape index (κ1) is 15.3. The fraction of sp³-hybridized carbons (Fsp3) is 0.412.